The number of nitrogens with zero attached hydrogens (tertiary/aromatic N) is 2. The summed E-state index contributed by atoms with van der Waals surface area (Å²) in [6.45, 7) is 0.448. The van der Waals surface area contributed by atoms with Crippen LogP contribution in [-0.2, 0) is 16.4 Å². The average molecular weight is 229 g/mol. The molecule has 0 spiro atoms. The van der Waals surface area contributed by atoms with Crippen LogP contribution in [0, 0.1) is 0 Å². The van der Waals surface area contributed by atoms with Crippen LogP contribution >= 0.6 is 0 Å². The number of rotatable bonds is 2. The molecule has 2 rings (SSSR count). The van der Waals surface area contributed by atoms with Gasteiger partial charge in [0.05, 0.1) is 23.5 Å². The lowest BCUT2D eigenvalue weighted by Crippen LogP contribution is -2.26. The second-order valence-corrected chi connectivity index (χ2v) is 6.18. The lowest BCUT2D eigenvalue weighted by atomic mass is 10.1. The van der Waals surface area contributed by atoms with Crippen molar-refractivity contribution in [1.29, 1.82) is 0 Å². The van der Waals surface area contributed by atoms with E-state index in [4.69, 9.17) is 5.73 Å². The number of hydrogen-bond donors (Lipinski definition) is 1. The molecule has 1 aromatic rings. The molecule has 1 aliphatic rings. The first-order valence-electron chi connectivity index (χ1n) is 5.03. The predicted octanol–water partition coefficient (Wildman–Crippen LogP) is 0.0915. The fraction of sp³-hybridized carbons (Fsp3) is 0.667. The van der Waals surface area contributed by atoms with E-state index in [2.05, 4.69) is 4.98 Å². The maximum atomic E-state index is 11.3. The molecular formula is C9H15N3O2S. The van der Waals surface area contributed by atoms with Crippen LogP contribution in [-0.4, -0.2) is 29.5 Å². The van der Waals surface area contributed by atoms with Crippen LogP contribution in [0.2, 0.25) is 0 Å². The molecule has 6 heteroatoms. The standard InChI is InChI=1S/C9H15N3O2S/c10-5-9-6-11-7-12(9)8-1-3-15(13,14)4-2-8/h6-8H,1-5,10H2. The molecule has 5 nitrogen and oxygen atoms in total. The Morgan fingerprint density at radius 2 is 2.13 bits per heavy atom. The first-order valence-corrected chi connectivity index (χ1v) is 6.86. The Morgan fingerprint density at radius 3 is 2.73 bits per heavy atom. The molecule has 15 heavy (non-hydrogen) atoms. The SMILES string of the molecule is NCc1cncn1C1CCS(=O)(=O)CC1. The monoisotopic (exact) mass is 229 g/mol. The summed E-state index contributed by atoms with van der Waals surface area (Å²) in [5.41, 5.74) is 6.55. The third kappa shape index (κ3) is 2.21. The fourth-order valence-electron chi connectivity index (χ4n) is 1.97. The zero-order valence-corrected chi connectivity index (χ0v) is 9.28. The Bertz CT molecular complexity index is 424. The molecule has 0 unspecified atom stereocenters. The van der Waals surface area contributed by atoms with Crippen molar-refractivity contribution in [3.05, 3.63) is 18.2 Å². The maximum absolute atomic E-state index is 11.3. The molecule has 0 radical (unpaired) electrons. The van der Waals surface area contributed by atoms with Gasteiger partial charge in [0.15, 0.2) is 0 Å². The quantitative estimate of drug-likeness (QED) is 0.779. The van der Waals surface area contributed by atoms with Crippen LogP contribution in [0.5, 0.6) is 0 Å². The summed E-state index contributed by atoms with van der Waals surface area (Å²) in [5, 5.41) is 0. The van der Waals surface area contributed by atoms with Crippen molar-refractivity contribution < 1.29 is 8.42 Å². The largest absolute Gasteiger partial charge is 0.330 e. The Kier molecular flexibility index (Phi) is 2.79. The molecule has 1 aliphatic heterocycles. The van der Waals surface area contributed by atoms with E-state index < -0.39 is 9.84 Å². The number of hydrogen-bond acceptors (Lipinski definition) is 4. The minimum atomic E-state index is -2.79. The predicted molar refractivity (Wildman–Crippen MR) is 57.0 cm³/mol. The first-order chi connectivity index (χ1) is 7.12. The Labute approximate surface area is 89.2 Å². The van der Waals surface area contributed by atoms with Crippen molar-refractivity contribution in [3.8, 4) is 0 Å². The highest BCUT2D eigenvalue weighted by molar-refractivity contribution is 7.91. The molecule has 1 fully saturated rings. The molecule has 0 aromatic carbocycles. The number of sulfone groups is 1. The van der Waals surface area contributed by atoms with Gasteiger partial charge in [-0.2, -0.15) is 0 Å². The van der Waals surface area contributed by atoms with Crippen LogP contribution in [0.4, 0.5) is 0 Å². The van der Waals surface area contributed by atoms with E-state index in [1.807, 2.05) is 4.57 Å². The summed E-state index contributed by atoms with van der Waals surface area (Å²) < 4.78 is 24.5. The van der Waals surface area contributed by atoms with Crippen molar-refractivity contribution >= 4 is 9.84 Å². The molecule has 1 aromatic heterocycles. The van der Waals surface area contributed by atoms with E-state index in [1.165, 1.54) is 0 Å². The molecule has 0 atom stereocenters. The van der Waals surface area contributed by atoms with E-state index in [9.17, 15) is 8.42 Å². The molecule has 2 N–H and O–H groups in total. The van der Waals surface area contributed by atoms with Gasteiger partial charge in [0, 0.05) is 18.8 Å². The van der Waals surface area contributed by atoms with Crippen molar-refractivity contribution in [2.24, 2.45) is 5.73 Å². The van der Waals surface area contributed by atoms with E-state index in [0.717, 1.165) is 5.69 Å². The van der Waals surface area contributed by atoms with Gasteiger partial charge >= 0.3 is 0 Å². The van der Waals surface area contributed by atoms with Gasteiger partial charge in [-0.1, -0.05) is 0 Å². The smallest absolute Gasteiger partial charge is 0.150 e. The normalized spacial score (nSPS) is 21.7. The molecular weight excluding hydrogens is 214 g/mol. The highest BCUT2D eigenvalue weighted by Gasteiger charge is 2.25. The highest BCUT2D eigenvalue weighted by atomic mass is 32.2. The highest BCUT2D eigenvalue weighted by Crippen LogP contribution is 2.24. The molecule has 0 saturated carbocycles. The van der Waals surface area contributed by atoms with E-state index in [0.29, 0.717) is 19.4 Å². The lowest BCUT2D eigenvalue weighted by Gasteiger charge is -2.24. The Hall–Kier alpha value is -0.880. The molecule has 1 saturated heterocycles. The van der Waals surface area contributed by atoms with Gasteiger partial charge < -0.3 is 10.3 Å². The van der Waals surface area contributed by atoms with E-state index in [-0.39, 0.29) is 17.5 Å². The van der Waals surface area contributed by atoms with Gasteiger partial charge in [0.25, 0.3) is 0 Å². The fourth-order valence-corrected chi connectivity index (χ4v) is 3.44. The average Bonchev–Trinajstić information content (AvgIpc) is 2.65. The summed E-state index contributed by atoms with van der Waals surface area (Å²) in [7, 11) is -2.79. The van der Waals surface area contributed by atoms with Crippen LogP contribution in [0.15, 0.2) is 12.5 Å². The van der Waals surface area contributed by atoms with E-state index >= 15 is 0 Å². The zero-order chi connectivity index (χ0) is 10.9. The Balaban J connectivity index is 2.14. The minimum absolute atomic E-state index is 0.245. The van der Waals surface area contributed by atoms with E-state index in [1.54, 1.807) is 12.5 Å². The van der Waals surface area contributed by atoms with Crippen LogP contribution in [0.1, 0.15) is 24.6 Å². The summed E-state index contributed by atoms with van der Waals surface area (Å²) >= 11 is 0. The maximum Gasteiger partial charge on any atom is 0.150 e. The lowest BCUT2D eigenvalue weighted by molar-refractivity contribution is 0.438. The van der Waals surface area contributed by atoms with Gasteiger partial charge in [0.1, 0.15) is 9.84 Å². The third-order valence-electron chi connectivity index (χ3n) is 2.87. The van der Waals surface area contributed by atoms with Gasteiger partial charge in [-0.15, -0.1) is 0 Å². The molecule has 0 aliphatic carbocycles. The molecule has 2 heterocycles. The van der Waals surface area contributed by atoms with Crippen molar-refractivity contribution in [2.75, 3.05) is 11.5 Å². The topological polar surface area (TPSA) is 78.0 Å². The summed E-state index contributed by atoms with van der Waals surface area (Å²) in [4.78, 5) is 4.04. The van der Waals surface area contributed by atoms with Crippen molar-refractivity contribution in [1.82, 2.24) is 9.55 Å². The number of aromatic nitrogens is 2. The van der Waals surface area contributed by atoms with Gasteiger partial charge in [-0.05, 0) is 12.8 Å². The number of imidazole rings is 1. The van der Waals surface area contributed by atoms with Gasteiger partial charge in [-0.25, -0.2) is 13.4 Å². The van der Waals surface area contributed by atoms with Crippen LogP contribution in [0.25, 0.3) is 0 Å². The summed E-state index contributed by atoms with van der Waals surface area (Å²) in [5.74, 6) is 0.555. The Morgan fingerprint density at radius 1 is 1.47 bits per heavy atom. The third-order valence-corrected chi connectivity index (χ3v) is 4.59. The first kappa shape index (κ1) is 10.6. The van der Waals surface area contributed by atoms with Crippen molar-refractivity contribution in [3.63, 3.8) is 0 Å². The summed E-state index contributed by atoms with van der Waals surface area (Å²) in [6.07, 6.45) is 4.82. The van der Waals surface area contributed by atoms with Crippen molar-refractivity contribution in [2.45, 2.75) is 25.4 Å². The van der Waals surface area contributed by atoms with Gasteiger partial charge in [0.2, 0.25) is 0 Å². The zero-order valence-electron chi connectivity index (χ0n) is 8.46. The minimum Gasteiger partial charge on any atom is -0.330 e. The second kappa shape index (κ2) is 3.94. The summed E-state index contributed by atoms with van der Waals surface area (Å²) in [6, 6.07) is 0.245. The van der Waals surface area contributed by atoms with Gasteiger partial charge in [-0.3, -0.25) is 0 Å². The molecule has 0 amide bonds. The number of nitrogens with two attached hydrogens (primary N) is 1. The van der Waals surface area contributed by atoms with Crippen LogP contribution in [0.3, 0.4) is 0 Å². The van der Waals surface area contributed by atoms with Crippen LogP contribution < -0.4 is 5.73 Å². The molecule has 84 valence electrons. The molecule has 0 bridgehead atoms. The second-order valence-electron chi connectivity index (χ2n) is 3.88.